The van der Waals surface area contributed by atoms with Crippen LogP contribution in [0.1, 0.15) is 18.4 Å². The molecular formula is C18H21N5O4. The van der Waals surface area contributed by atoms with E-state index in [1.807, 2.05) is 30.3 Å². The lowest BCUT2D eigenvalue weighted by Gasteiger charge is -2.24. The molecule has 2 heterocycles. The first-order valence-electron chi connectivity index (χ1n) is 8.66. The zero-order valence-corrected chi connectivity index (χ0v) is 14.7. The highest BCUT2D eigenvalue weighted by atomic mass is 16.5. The largest absolute Gasteiger partial charge is 0.350 e. The molecule has 9 heteroatoms. The number of carbonyl (C=O) groups is 3. The van der Waals surface area contributed by atoms with Crippen molar-refractivity contribution in [2.45, 2.75) is 25.4 Å². The van der Waals surface area contributed by atoms with Crippen LogP contribution in [0.3, 0.4) is 0 Å². The summed E-state index contributed by atoms with van der Waals surface area (Å²) in [6, 6.07) is 9.06. The predicted octanol–water partition coefficient (Wildman–Crippen LogP) is 0.194. The number of carbonyl (C=O) groups excluding carboxylic acids is 3. The number of aromatic nitrogens is 1. The Kier molecular flexibility index (Phi) is 5.94. The molecule has 2 aromatic rings. The third-order valence-corrected chi connectivity index (χ3v) is 4.37. The van der Waals surface area contributed by atoms with Crippen molar-refractivity contribution in [2.24, 2.45) is 0 Å². The number of nitrogens with zero attached hydrogens (tertiary/aromatic N) is 3. The van der Waals surface area contributed by atoms with Crippen molar-refractivity contribution in [2.75, 3.05) is 13.1 Å². The Morgan fingerprint density at radius 1 is 1.41 bits per heavy atom. The molecule has 0 radical (unpaired) electrons. The first-order valence-corrected chi connectivity index (χ1v) is 8.66. The molecule has 9 nitrogen and oxygen atoms in total. The molecule has 0 saturated carbocycles. The van der Waals surface area contributed by atoms with Gasteiger partial charge in [-0.1, -0.05) is 18.2 Å². The van der Waals surface area contributed by atoms with Gasteiger partial charge < -0.3 is 5.32 Å². The van der Waals surface area contributed by atoms with Gasteiger partial charge >= 0.3 is 0 Å². The van der Waals surface area contributed by atoms with Crippen LogP contribution in [0.4, 0.5) is 0 Å². The minimum absolute atomic E-state index is 0.0827. The molecule has 0 aliphatic carbocycles. The summed E-state index contributed by atoms with van der Waals surface area (Å²) in [5.74, 6) is -0.626. The van der Waals surface area contributed by atoms with Crippen molar-refractivity contribution >= 4 is 29.1 Å². The molecule has 0 unspecified atom stereocenters. The molecule has 3 amide bonds. The van der Waals surface area contributed by atoms with Gasteiger partial charge in [-0.05, 0) is 24.1 Å². The number of nitrogens with one attached hydrogen (secondary N) is 2. The van der Waals surface area contributed by atoms with Crippen LogP contribution < -0.4 is 10.7 Å². The summed E-state index contributed by atoms with van der Waals surface area (Å²) in [6.45, 7) is 0.681. The number of hydrogen-bond donors (Lipinski definition) is 3. The summed E-state index contributed by atoms with van der Waals surface area (Å²) < 4.78 is 0. The van der Waals surface area contributed by atoms with E-state index < -0.39 is 6.04 Å². The predicted molar refractivity (Wildman–Crippen MR) is 96.0 cm³/mol. The van der Waals surface area contributed by atoms with Crippen LogP contribution in [0, 0.1) is 0 Å². The lowest BCUT2D eigenvalue weighted by Crippen LogP contribution is -2.50. The third kappa shape index (κ3) is 4.57. The first kappa shape index (κ1) is 18.7. The van der Waals surface area contributed by atoms with E-state index in [0.717, 1.165) is 16.5 Å². The van der Waals surface area contributed by atoms with E-state index in [1.54, 1.807) is 6.20 Å². The molecule has 1 aliphatic rings. The maximum absolute atomic E-state index is 12.5. The lowest BCUT2D eigenvalue weighted by atomic mass is 10.1. The molecule has 1 atom stereocenters. The van der Waals surface area contributed by atoms with Crippen LogP contribution in [0.25, 0.3) is 10.9 Å². The number of pyridine rings is 1. The topological polar surface area (TPSA) is 115 Å². The second-order valence-electron chi connectivity index (χ2n) is 6.25. The monoisotopic (exact) mass is 371 g/mol. The number of amides is 3. The normalized spacial score (nSPS) is 16.3. The highest BCUT2D eigenvalue weighted by molar-refractivity contribution is 5.88. The summed E-state index contributed by atoms with van der Waals surface area (Å²) in [5, 5.41) is 14.6. The summed E-state index contributed by atoms with van der Waals surface area (Å²) in [5.41, 5.74) is 4.63. The Morgan fingerprint density at radius 3 is 3.04 bits per heavy atom. The van der Waals surface area contributed by atoms with E-state index in [2.05, 4.69) is 15.7 Å². The summed E-state index contributed by atoms with van der Waals surface area (Å²) in [7, 11) is 0. The highest BCUT2D eigenvalue weighted by Gasteiger charge is 2.33. The number of fused-ring (bicyclic) bond motifs is 1. The number of hydroxylamine groups is 2. The summed E-state index contributed by atoms with van der Waals surface area (Å²) in [6.07, 6.45) is 2.35. The van der Waals surface area contributed by atoms with Crippen molar-refractivity contribution in [3.8, 4) is 0 Å². The van der Waals surface area contributed by atoms with Crippen LogP contribution in [0.15, 0.2) is 36.5 Å². The smallest absolute Gasteiger partial charge is 0.244 e. The zero-order chi connectivity index (χ0) is 19.2. The van der Waals surface area contributed by atoms with Gasteiger partial charge in [0, 0.05) is 31.1 Å². The molecule has 1 saturated heterocycles. The second kappa shape index (κ2) is 8.56. The van der Waals surface area contributed by atoms with Gasteiger partial charge in [0.15, 0.2) is 0 Å². The minimum Gasteiger partial charge on any atom is -0.350 e. The van der Waals surface area contributed by atoms with Crippen LogP contribution in [-0.2, 0) is 20.9 Å². The fourth-order valence-corrected chi connectivity index (χ4v) is 2.97. The van der Waals surface area contributed by atoms with Crippen LogP contribution >= 0.6 is 0 Å². The SMILES string of the molecule is O=CN(O)CCC(=O)N1NCC[C@H]1C(=O)NCc1cnc2ccccc2c1. The Hall–Kier alpha value is -3.04. The van der Waals surface area contributed by atoms with Crippen molar-refractivity contribution < 1.29 is 19.6 Å². The van der Waals surface area contributed by atoms with Crippen molar-refractivity contribution in [1.29, 1.82) is 0 Å². The van der Waals surface area contributed by atoms with E-state index in [0.29, 0.717) is 24.6 Å². The van der Waals surface area contributed by atoms with Gasteiger partial charge in [0.25, 0.3) is 0 Å². The maximum atomic E-state index is 12.5. The third-order valence-electron chi connectivity index (χ3n) is 4.37. The van der Waals surface area contributed by atoms with E-state index >= 15 is 0 Å². The van der Waals surface area contributed by atoms with Crippen LogP contribution in [0.5, 0.6) is 0 Å². The van der Waals surface area contributed by atoms with Crippen LogP contribution in [0.2, 0.25) is 0 Å². The van der Waals surface area contributed by atoms with Crippen molar-refractivity contribution in [1.82, 2.24) is 25.8 Å². The number of hydrazine groups is 1. The van der Waals surface area contributed by atoms with Crippen molar-refractivity contribution in [3.05, 3.63) is 42.1 Å². The molecule has 3 rings (SSSR count). The molecule has 1 aromatic carbocycles. The van der Waals surface area contributed by atoms with Gasteiger partial charge in [-0.25, -0.2) is 10.5 Å². The fraction of sp³-hybridized carbons (Fsp3) is 0.333. The maximum Gasteiger partial charge on any atom is 0.244 e. The highest BCUT2D eigenvalue weighted by Crippen LogP contribution is 2.14. The summed E-state index contributed by atoms with van der Waals surface area (Å²) in [4.78, 5) is 39.5. The van der Waals surface area contributed by atoms with E-state index in [4.69, 9.17) is 5.21 Å². The van der Waals surface area contributed by atoms with Gasteiger partial charge in [0.1, 0.15) is 6.04 Å². The number of hydrogen-bond acceptors (Lipinski definition) is 6. The summed E-state index contributed by atoms with van der Waals surface area (Å²) >= 11 is 0. The zero-order valence-electron chi connectivity index (χ0n) is 14.7. The van der Waals surface area contributed by atoms with Crippen LogP contribution in [-0.4, -0.2) is 57.6 Å². The Bertz CT molecular complexity index is 843. The van der Waals surface area contributed by atoms with Gasteiger partial charge in [-0.2, -0.15) is 0 Å². The van der Waals surface area contributed by atoms with E-state index in [1.165, 1.54) is 5.01 Å². The van der Waals surface area contributed by atoms with Gasteiger partial charge in [-0.3, -0.25) is 29.6 Å². The first-order chi connectivity index (χ1) is 13.1. The quantitative estimate of drug-likeness (QED) is 0.364. The standard InChI is InChI=1S/C18H21N5O4/c24-12-22(27)8-6-17(25)23-16(5-7-21-23)18(26)20-11-13-9-14-3-1-2-4-15(14)19-10-13/h1-4,9-10,12,16,21,27H,5-8,11H2,(H,20,26)/t16-/m0/s1. The Labute approximate surface area is 155 Å². The lowest BCUT2D eigenvalue weighted by molar-refractivity contribution is -0.153. The fourth-order valence-electron chi connectivity index (χ4n) is 2.97. The number of benzene rings is 1. The minimum atomic E-state index is -0.630. The average molecular weight is 371 g/mol. The Balaban J connectivity index is 1.57. The molecule has 142 valence electrons. The van der Waals surface area contributed by atoms with E-state index in [-0.39, 0.29) is 31.2 Å². The molecule has 1 aromatic heterocycles. The second-order valence-corrected chi connectivity index (χ2v) is 6.25. The molecule has 0 bridgehead atoms. The molecule has 3 N–H and O–H groups in total. The van der Waals surface area contributed by atoms with E-state index in [9.17, 15) is 14.4 Å². The average Bonchev–Trinajstić information content (AvgIpc) is 3.19. The van der Waals surface area contributed by atoms with Crippen molar-refractivity contribution in [3.63, 3.8) is 0 Å². The molecular weight excluding hydrogens is 350 g/mol. The number of rotatable bonds is 7. The number of para-hydroxylation sites is 1. The molecule has 27 heavy (non-hydrogen) atoms. The molecule has 1 aliphatic heterocycles. The van der Waals surface area contributed by atoms with Gasteiger partial charge in [-0.15, -0.1) is 0 Å². The Morgan fingerprint density at radius 2 is 2.22 bits per heavy atom. The van der Waals surface area contributed by atoms with Gasteiger partial charge in [0.2, 0.25) is 18.2 Å². The molecule has 0 spiro atoms. The van der Waals surface area contributed by atoms with Gasteiger partial charge in [0.05, 0.1) is 12.1 Å². The molecule has 1 fully saturated rings.